The minimum absolute atomic E-state index is 0.271. The van der Waals surface area contributed by atoms with Crippen LogP contribution in [0.1, 0.15) is 11.1 Å². The summed E-state index contributed by atoms with van der Waals surface area (Å²) in [4.78, 5) is 5.26. The molecule has 0 N–H and O–H groups in total. The molecule has 18 heavy (non-hydrogen) atoms. The van der Waals surface area contributed by atoms with E-state index in [0.29, 0.717) is 15.1 Å². The molecular weight excluding hydrogens is 309 g/mol. The Kier molecular flexibility index (Phi) is 4.44. The molecule has 94 valence electrons. The Morgan fingerprint density at radius 2 is 1.67 bits per heavy atom. The van der Waals surface area contributed by atoms with Crippen LogP contribution < -0.4 is 0 Å². The molecule has 0 aliphatic heterocycles. The third-order valence-corrected chi connectivity index (χ3v) is 4.61. The van der Waals surface area contributed by atoms with Gasteiger partial charge in [-0.25, -0.2) is 4.98 Å². The Balaban J connectivity index is 2.34. The number of aryl methyl sites for hydroxylation is 2. The first-order chi connectivity index (χ1) is 8.47. The van der Waals surface area contributed by atoms with Crippen molar-refractivity contribution in [2.45, 2.75) is 23.8 Å². The zero-order valence-electron chi connectivity index (χ0n) is 9.80. The van der Waals surface area contributed by atoms with E-state index in [4.69, 9.17) is 34.8 Å². The Labute approximate surface area is 125 Å². The van der Waals surface area contributed by atoms with Gasteiger partial charge in [0, 0.05) is 4.90 Å². The second kappa shape index (κ2) is 5.70. The highest BCUT2D eigenvalue weighted by molar-refractivity contribution is 7.99. The minimum Gasteiger partial charge on any atom is -0.226 e. The minimum atomic E-state index is 0.271. The van der Waals surface area contributed by atoms with Gasteiger partial charge in [-0.3, -0.25) is 0 Å². The second-order valence-electron chi connectivity index (χ2n) is 3.90. The third kappa shape index (κ3) is 3.12. The predicted octanol–water partition coefficient (Wildman–Crippen LogP) is 5.81. The van der Waals surface area contributed by atoms with E-state index < -0.39 is 0 Å². The van der Waals surface area contributed by atoms with Crippen LogP contribution in [-0.4, -0.2) is 4.98 Å². The molecule has 2 aromatic rings. The quantitative estimate of drug-likeness (QED) is 0.648. The zero-order chi connectivity index (χ0) is 13.3. The van der Waals surface area contributed by atoms with Crippen LogP contribution in [0.25, 0.3) is 0 Å². The maximum atomic E-state index is 6.10. The lowest BCUT2D eigenvalue weighted by Gasteiger charge is -2.07. The smallest absolute Gasteiger partial charge is 0.149 e. The molecule has 0 fully saturated rings. The van der Waals surface area contributed by atoms with Gasteiger partial charge in [-0.05, 0) is 43.2 Å². The van der Waals surface area contributed by atoms with Gasteiger partial charge in [0.05, 0.1) is 10.0 Å². The van der Waals surface area contributed by atoms with Gasteiger partial charge in [0.15, 0.2) is 0 Å². The van der Waals surface area contributed by atoms with Gasteiger partial charge in [0.25, 0.3) is 0 Å². The Morgan fingerprint density at radius 1 is 0.944 bits per heavy atom. The summed E-state index contributed by atoms with van der Waals surface area (Å²) in [6.07, 6.45) is 0. The van der Waals surface area contributed by atoms with Crippen LogP contribution in [0.15, 0.2) is 34.2 Å². The molecule has 2 rings (SSSR count). The Hall–Kier alpha value is -0.410. The van der Waals surface area contributed by atoms with Crippen LogP contribution in [0.5, 0.6) is 0 Å². The van der Waals surface area contributed by atoms with E-state index in [0.717, 1.165) is 4.90 Å². The molecule has 1 aromatic heterocycles. The number of benzene rings is 1. The van der Waals surface area contributed by atoms with E-state index in [1.54, 1.807) is 6.07 Å². The number of halogens is 3. The molecule has 0 atom stereocenters. The molecule has 0 amide bonds. The van der Waals surface area contributed by atoms with Gasteiger partial charge < -0.3 is 0 Å². The van der Waals surface area contributed by atoms with Gasteiger partial charge >= 0.3 is 0 Å². The predicted molar refractivity (Wildman–Crippen MR) is 79.3 cm³/mol. The molecule has 0 saturated heterocycles. The van der Waals surface area contributed by atoms with Crippen LogP contribution in [0.4, 0.5) is 0 Å². The zero-order valence-corrected chi connectivity index (χ0v) is 12.9. The lowest BCUT2D eigenvalue weighted by Crippen LogP contribution is -1.86. The van der Waals surface area contributed by atoms with Crippen LogP contribution >= 0.6 is 46.6 Å². The van der Waals surface area contributed by atoms with Crippen molar-refractivity contribution in [1.82, 2.24) is 4.98 Å². The van der Waals surface area contributed by atoms with Crippen LogP contribution in [-0.2, 0) is 0 Å². The molecule has 0 aliphatic rings. The van der Waals surface area contributed by atoms with E-state index >= 15 is 0 Å². The van der Waals surface area contributed by atoms with Crippen molar-refractivity contribution < 1.29 is 0 Å². The summed E-state index contributed by atoms with van der Waals surface area (Å²) in [5.41, 5.74) is 2.49. The van der Waals surface area contributed by atoms with Gasteiger partial charge in [-0.1, -0.05) is 52.6 Å². The average Bonchev–Trinajstić information content (AvgIpc) is 2.31. The van der Waals surface area contributed by atoms with E-state index in [-0.39, 0.29) is 5.15 Å². The van der Waals surface area contributed by atoms with Gasteiger partial charge in [0.2, 0.25) is 0 Å². The Morgan fingerprint density at radius 3 is 2.33 bits per heavy atom. The normalized spacial score (nSPS) is 10.7. The maximum absolute atomic E-state index is 6.10. The molecule has 0 radical (unpaired) electrons. The topological polar surface area (TPSA) is 12.9 Å². The first-order valence-corrected chi connectivity index (χ1v) is 7.19. The largest absolute Gasteiger partial charge is 0.226 e. The maximum Gasteiger partial charge on any atom is 0.149 e. The fourth-order valence-corrected chi connectivity index (χ4v) is 2.94. The molecule has 0 unspecified atom stereocenters. The average molecular weight is 319 g/mol. The monoisotopic (exact) mass is 317 g/mol. The molecule has 1 aromatic carbocycles. The number of nitrogens with zero attached hydrogens (tertiary/aromatic N) is 1. The summed E-state index contributed by atoms with van der Waals surface area (Å²) in [7, 11) is 0. The van der Waals surface area contributed by atoms with Crippen LogP contribution in [0.2, 0.25) is 15.2 Å². The fraction of sp³-hybridized carbons (Fsp3) is 0.154. The van der Waals surface area contributed by atoms with Crippen LogP contribution in [0, 0.1) is 13.8 Å². The van der Waals surface area contributed by atoms with Crippen molar-refractivity contribution in [2.24, 2.45) is 0 Å². The highest BCUT2D eigenvalue weighted by Gasteiger charge is 2.09. The van der Waals surface area contributed by atoms with E-state index in [1.165, 1.54) is 22.9 Å². The molecule has 0 aliphatic carbocycles. The van der Waals surface area contributed by atoms with Gasteiger partial charge in [0.1, 0.15) is 10.2 Å². The number of hydrogen-bond acceptors (Lipinski definition) is 2. The molecular formula is C13H10Cl3NS. The highest BCUT2D eigenvalue weighted by Crippen LogP contribution is 2.36. The van der Waals surface area contributed by atoms with Crippen molar-refractivity contribution in [2.75, 3.05) is 0 Å². The summed E-state index contributed by atoms with van der Waals surface area (Å²) in [6, 6.07) is 7.82. The Bertz CT molecular complexity index is 599. The standard InChI is InChI=1S/C13H10Cl3NS/c1-7-3-4-9(5-8(7)2)18-13-11(15)6-10(14)12(16)17-13/h3-6H,1-2H3. The lowest BCUT2D eigenvalue weighted by molar-refractivity contribution is 1.13. The summed E-state index contributed by atoms with van der Waals surface area (Å²) < 4.78 is 0. The number of rotatable bonds is 2. The van der Waals surface area contributed by atoms with Crippen LogP contribution in [0.3, 0.4) is 0 Å². The third-order valence-electron chi connectivity index (χ3n) is 2.55. The van der Waals surface area contributed by atoms with Crippen molar-refractivity contribution in [3.63, 3.8) is 0 Å². The summed E-state index contributed by atoms with van der Waals surface area (Å²) in [5, 5.41) is 1.81. The fourth-order valence-electron chi connectivity index (χ4n) is 1.39. The molecule has 5 heteroatoms. The van der Waals surface area contributed by atoms with Crippen molar-refractivity contribution in [3.05, 3.63) is 50.6 Å². The molecule has 1 heterocycles. The molecule has 0 bridgehead atoms. The SMILES string of the molecule is Cc1ccc(Sc2nc(Cl)c(Cl)cc2Cl)cc1C. The van der Waals surface area contributed by atoms with Crippen molar-refractivity contribution in [1.29, 1.82) is 0 Å². The molecule has 0 spiro atoms. The highest BCUT2D eigenvalue weighted by atomic mass is 35.5. The van der Waals surface area contributed by atoms with Gasteiger partial charge in [-0.2, -0.15) is 0 Å². The molecule has 0 saturated carbocycles. The van der Waals surface area contributed by atoms with Crippen molar-refractivity contribution >= 4 is 46.6 Å². The first kappa shape index (κ1) is 14.0. The molecule has 1 nitrogen and oxygen atoms in total. The number of hydrogen-bond donors (Lipinski definition) is 0. The summed E-state index contributed by atoms with van der Waals surface area (Å²) in [5.74, 6) is 0. The summed E-state index contributed by atoms with van der Waals surface area (Å²) in [6.45, 7) is 4.15. The first-order valence-electron chi connectivity index (χ1n) is 5.24. The number of aromatic nitrogens is 1. The van der Waals surface area contributed by atoms with Gasteiger partial charge in [-0.15, -0.1) is 0 Å². The van der Waals surface area contributed by atoms with E-state index in [9.17, 15) is 0 Å². The number of pyridine rings is 1. The second-order valence-corrected chi connectivity index (χ2v) is 6.13. The summed E-state index contributed by atoms with van der Waals surface area (Å²) >= 11 is 19.3. The lowest BCUT2D eigenvalue weighted by atomic mass is 10.1. The van der Waals surface area contributed by atoms with Crippen molar-refractivity contribution in [3.8, 4) is 0 Å². The van der Waals surface area contributed by atoms with E-state index in [2.05, 4.69) is 31.0 Å². The van der Waals surface area contributed by atoms with E-state index in [1.807, 2.05) is 6.07 Å².